The topological polar surface area (TPSA) is 85.8 Å². The summed E-state index contributed by atoms with van der Waals surface area (Å²) >= 11 is 1.35. The van der Waals surface area contributed by atoms with E-state index in [4.69, 9.17) is 5.84 Å². The molecular formula is C18H18FN5OS. The van der Waals surface area contributed by atoms with Gasteiger partial charge in [-0.25, -0.2) is 9.07 Å². The van der Waals surface area contributed by atoms with Crippen LogP contribution in [0.5, 0.6) is 0 Å². The third kappa shape index (κ3) is 4.40. The van der Waals surface area contributed by atoms with Crippen molar-refractivity contribution in [3.8, 4) is 11.4 Å². The first-order valence-electron chi connectivity index (χ1n) is 7.98. The van der Waals surface area contributed by atoms with Crippen LogP contribution >= 0.6 is 11.8 Å². The smallest absolute Gasteiger partial charge is 0.225 e. The Morgan fingerprint density at radius 1 is 1.15 bits per heavy atom. The number of aryl methyl sites for hydroxylation is 1. The average Bonchev–Trinajstić information content (AvgIpc) is 2.99. The van der Waals surface area contributed by atoms with E-state index in [0.29, 0.717) is 22.4 Å². The number of amides is 1. The molecule has 26 heavy (non-hydrogen) atoms. The highest BCUT2D eigenvalue weighted by Gasteiger charge is 2.12. The van der Waals surface area contributed by atoms with Crippen LogP contribution in [0.25, 0.3) is 11.4 Å². The summed E-state index contributed by atoms with van der Waals surface area (Å²) in [5.74, 6) is 6.63. The molecular weight excluding hydrogens is 353 g/mol. The van der Waals surface area contributed by atoms with Gasteiger partial charge >= 0.3 is 0 Å². The summed E-state index contributed by atoms with van der Waals surface area (Å²) in [4.78, 5) is 11.9. The Bertz CT molecular complexity index is 893. The second kappa shape index (κ2) is 8.01. The summed E-state index contributed by atoms with van der Waals surface area (Å²) in [7, 11) is 0. The molecule has 0 bridgehead atoms. The van der Waals surface area contributed by atoms with Gasteiger partial charge in [-0.1, -0.05) is 41.6 Å². The molecule has 0 unspecified atom stereocenters. The van der Waals surface area contributed by atoms with Crippen molar-refractivity contribution in [2.45, 2.75) is 18.5 Å². The maximum atomic E-state index is 12.9. The van der Waals surface area contributed by atoms with E-state index < -0.39 is 0 Å². The van der Waals surface area contributed by atoms with Crippen LogP contribution in [0.1, 0.15) is 12.0 Å². The van der Waals surface area contributed by atoms with Crippen LogP contribution in [-0.2, 0) is 4.79 Å². The maximum absolute atomic E-state index is 12.9. The van der Waals surface area contributed by atoms with Crippen molar-refractivity contribution in [1.29, 1.82) is 0 Å². The van der Waals surface area contributed by atoms with Crippen molar-refractivity contribution in [2.24, 2.45) is 0 Å². The van der Waals surface area contributed by atoms with Crippen molar-refractivity contribution >= 4 is 23.4 Å². The van der Waals surface area contributed by atoms with Crippen molar-refractivity contribution < 1.29 is 9.18 Å². The molecule has 6 nitrogen and oxygen atoms in total. The van der Waals surface area contributed by atoms with Gasteiger partial charge in [-0.05, 0) is 31.2 Å². The van der Waals surface area contributed by atoms with Crippen LogP contribution in [0, 0.1) is 12.7 Å². The van der Waals surface area contributed by atoms with Crippen LogP contribution < -0.4 is 11.2 Å². The molecule has 1 amide bonds. The number of nitrogens with zero attached hydrogens (tertiary/aromatic N) is 3. The van der Waals surface area contributed by atoms with Gasteiger partial charge in [0.2, 0.25) is 11.1 Å². The minimum Gasteiger partial charge on any atom is -0.335 e. The molecule has 3 aromatic rings. The summed E-state index contributed by atoms with van der Waals surface area (Å²) in [6, 6.07) is 13.5. The Morgan fingerprint density at radius 3 is 2.54 bits per heavy atom. The molecule has 2 aromatic carbocycles. The molecule has 0 atom stereocenters. The average molecular weight is 371 g/mol. The summed E-state index contributed by atoms with van der Waals surface area (Å²) in [6.45, 7) is 2.01. The normalized spacial score (nSPS) is 10.7. The van der Waals surface area contributed by atoms with Crippen molar-refractivity contribution in [3.63, 3.8) is 0 Å². The predicted molar refractivity (Wildman–Crippen MR) is 101 cm³/mol. The largest absolute Gasteiger partial charge is 0.335 e. The fraction of sp³-hybridized carbons (Fsp3) is 0.167. The van der Waals surface area contributed by atoms with E-state index in [1.165, 1.54) is 40.7 Å². The highest BCUT2D eigenvalue weighted by molar-refractivity contribution is 7.99. The van der Waals surface area contributed by atoms with Gasteiger partial charge in [-0.3, -0.25) is 4.79 Å². The van der Waals surface area contributed by atoms with Crippen LogP contribution in [-0.4, -0.2) is 26.5 Å². The van der Waals surface area contributed by atoms with Gasteiger partial charge in [0.15, 0.2) is 5.82 Å². The molecule has 8 heteroatoms. The molecule has 0 aliphatic rings. The zero-order valence-corrected chi connectivity index (χ0v) is 15.0. The van der Waals surface area contributed by atoms with Gasteiger partial charge in [-0.2, -0.15) is 0 Å². The fourth-order valence-corrected chi connectivity index (χ4v) is 3.06. The molecule has 0 aliphatic carbocycles. The van der Waals surface area contributed by atoms with Gasteiger partial charge in [0.05, 0.1) is 0 Å². The number of nitrogens with one attached hydrogen (secondary N) is 1. The number of carbonyl (C=O) groups is 1. The lowest BCUT2D eigenvalue weighted by molar-refractivity contribution is -0.115. The van der Waals surface area contributed by atoms with Crippen molar-refractivity contribution in [3.05, 3.63) is 59.9 Å². The minimum atomic E-state index is -0.342. The number of benzene rings is 2. The van der Waals surface area contributed by atoms with Crippen LogP contribution in [0.2, 0.25) is 0 Å². The standard InChI is InChI=1S/C18H18FN5OS/c1-12-2-4-13(5-3-12)17-22-23-18(24(17)20)26-11-10-16(25)21-15-8-6-14(19)7-9-15/h2-9H,10-11,20H2,1H3,(H,21,25). The highest BCUT2D eigenvalue weighted by atomic mass is 32.2. The molecule has 0 saturated carbocycles. The molecule has 1 heterocycles. The molecule has 0 spiro atoms. The number of nitrogens with two attached hydrogens (primary N) is 1. The molecule has 3 rings (SSSR count). The highest BCUT2D eigenvalue weighted by Crippen LogP contribution is 2.22. The van der Waals surface area contributed by atoms with E-state index in [0.717, 1.165) is 11.1 Å². The van der Waals surface area contributed by atoms with Crippen LogP contribution in [0.3, 0.4) is 0 Å². The van der Waals surface area contributed by atoms with E-state index in [2.05, 4.69) is 15.5 Å². The summed E-state index contributed by atoms with van der Waals surface area (Å²) in [5, 5.41) is 11.5. The molecule has 0 aliphatic heterocycles. The number of carbonyl (C=O) groups excluding carboxylic acids is 1. The predicted octanol–water partition coefficient (Wildman–Crippen LogP) is 3.23. The molecule has 1 aromatic heterocycles. The second-order valence-electron chi connectivity index (χ2n) is 5.70. The number of thioether (sulfide) groups is 1. The lowest BCUT2D eigenvalue weighted by atomic mass is 10.1. The van der Waals surface area contributed by atoms with E-state index in [9.17, 15) is 9.18 Å². The van der Waals surface area contributed by atoms with Gasteiger partial charge < -0.3 is 11.2 Å². The number of anilines is 1. The number of halogens is 1. The lowest BCUT2D eigenvalue weighted by Gasteiger charge is -2.06. The van der Waals surface area contributed by atoms with E-state index >= 15 is 0 Å². The molecule has 0 fully saturated rings. The Hall–Kier alpha value is -2.87. The SMILES string of the molecule is Cc1ccc(-c2nnc(SCCC(=O)Nc3ccc(F)cc3)n2N)cc1. The number of rotatable bonds is 6. The Balaban J connectivity index is 1.54. The maximum Gasteiger partial charge on any atom is 0.225 e. The molecule has 134 valence electrons. The molecule has 0 radical (unpaired) electrons. The van der Waals surface area contributed by atoms with Gasteiger partial charge in [0.25, 0.3) is 0 Å². The van der Waals surface area contributed by atoms with Gasteiger partial charge in [0.1, 0.15) is 5.82 Å². The molecule has 0 saturated heterocycles. The Kier molecular flexibility index (Phi) is 5.52. The van der Waals surface area contributed by atoms with E-state index in [1.807, 2.05) is 31.2 Å². The summed E-state index contributed by atoms with van der Waals surface area (Å²) in [5.41, 5.74) is 2.59. The lowest BCUT2D eigenvalue weighted by Crippen LogP contribution is -2.14. The first-order valence-corrected chi connectivity index (χ1v) is 8.97. The van der Waals surface area contributed by atoms with Crippen LogP contribution in [0.4, 0.5) is 10.1 Å². The zero-order chi connectivity index (χ0) is 18.5. The number of hydrogen-bond acceptors (Lipinski definition) is 5. The number of aromatic nitrogens is 3. The van der Waals surface area contributed by atoms with Crippen LogP contribution in [0.15, 0.2) is 53.7 Å². The number of hydrogen-bond donors (Lipinski definition) is 2. The monoisotopic (exact) mass is 371 g/mol. The summed E-state index contributed by atoms with van der Waals surface area (Å²) < 4.78 is 14.3. The van der Waals surface area contributed by atoms with Gasteiger partial charge in [0, 0.05) is 23.4 Å². The first kappa shape index (κ1) is 17.9. The third-order valence-electron chi connectivity index (χ3n) is 3.66. The van der Waals surface area contributed by atoms with Gasteiger partial charge in [-0.15, -0.1) is 10.2 Å². The molecule has 3 N–H and O–H groups in total. The second-order valence-corrected chi connectivity index (χ2v) is 6.76. The number of nitrogen functional groups attached to an aromatic ring is 1. The van der Waals surface area contributed by atoms with Crippen molar-refractivity contribution in [1.82, 2.24) is 14.9 Å². The quantitative estimate of drug-likeness (QED) is 0.513. The first-order chi connectivity index (χ1) is 12.5. The van der Waals surface area contributed by atoms with E-state index in [-0.39, 0.29) is 18.1 Å². The third-order valence-corrected chi connectivity index (χ3v) is 4.61. The Morgan fingerprint density at radius 2 is 1.85 bits per heavy atom. The van der Waals surface area contributed by atoms with Crippen molar-refractivity contribution in [2.75, 3.05) is 16.9 Å². The minimum absolute atomic E-state index is 0.161. The zero-order valence-electron chi connectivity index (χ0n) is 14.1. The fourth-order valence-electron chi connectivity index (χ4n) is 2.27. The Labute approximate surface area is 154 Å². The van der Waals surface area contributed by atoms with E-state index in [1.54, 1.807) is 0 Å². The summed E-state index contributed by atoms with van der Waals surface area (Å²) in [6.07, 6.45) is 0.273.